The van der Waals surface area contributed by atoms with E-state index in [4.69, 9.17) is 17.0 Å². The molecule has 0 aromatic heterocycles. The summed E-state index contributed by atoms with van der Waals surface area (Å²) in [6, 6.07) is 8.62. The van der Waals surface area contributed by atoms with Crippen LogP contribution in [0.4, 0.5) is 5.69 Å². The Morgan fingerprint density at radius 2 is 1.88 bits per heavy atom. The number of morpholine rings is 1. The van der Waals surface area contributed by atoms with E-state index in [0.717, 1.165) is 70.7 Å². The van der Waals surface area contributed by atoms with Crippen LogP contribution in [0, 0.1) is 6.92 Å². The van der Waals surface area contributed by atoms with E-state index in [1.165, 1.54) is 11.3 Å². The second kappa shape index (κ2) is 8.65. The molecule has 2 aliphatic heterocycles. The molecule has 0 radical (unpaired) electrons. The average molecular weight is 350 g/mol. The number of quaternary nitrogens is 1. The molecule has 0 bridgehead atoms. The van der Waals surface area contributed by atoms with Gasteiger partial charge in [0.2, 0.25) is 0 Å². The number of ether oxygens (including phenoxy) is 1. The maximum atomic E-state index is 5.58. The number of rotatable bonds is 4. The van der Waals surface area contributed by atoms with Gasteiger partial charge in [-0.25, -0.2) is 0 Å². The first kappa shape index (κ1) is 17.5. The summed E-state index contributed by atoms with van der Waals surface area (Å²) in [6.07, 6.45) is 0. The monoisotopic (exact) mass is 349 g/mol. The zero-order valence-electron chi connectivity index (χ0n) is 14.6. The zero-order valence-corrected chi connectivity index (χ0v) is 15.4. The molecule has 0 saturated carbocycles. The third kappa shape index (κ3) is 4.59. The molecule has 24 heavy (non-hydrogen) atoms. The van der Waals surface area contributed by atoms with Crippen molar-refractivity contribution < 1.29 is 9.64 Å². The van der Waals surface area contributed by atoms with Crippen LogP contribution in [-0.4, -0.2) is 75.6 Å². The number of hydrogen-bond donors (Lipinski definition) is 2. The highest BCUT2D eigenvalue weighted by Crippen LogP contribution is 2.20. The molecule has 6 heteroatoms. The van der Waals surface area contributed by atoms with E-state index in [0.29, 0.717) is 0 Å². The number of piperazine rings is 1. The normalized spacial score (nSPS) is 19.4. The highest BCUT2D eigenvalue weighted by Gasteiger charge is 2.20. The highest BCUT2D eigenvalue weighted by molar-refractivity contribution is 7.80. The van der Waals surface area contributed by atoms with Crippen molar-refractivity contribution in [2.24, 2.45) is 0 Å². The van der Waals surface area contributed by atoms with E-state index >= 15 is 0 Å². The van der Waals surface area contributed by atoms with Crippen molar-refractivity contribution >= 4 is 23.0 Å². The van der Waals surface area contributed by atoms with Gasteiger partial charge in [0.25, 0.3) is 0 Å². The van der Waals surface area contributed by atoms with Crippen LogP contribution in [-0.2, 0) is 4.74 Å². The highest BCUT2D eigenvalue weighted by atomic mass is 32.1. The van der Waals surface area contributed by atoms with E-state index in [2.05, 4.69) is 46.3 Å². The fourth-order valence-electron chi connectivity index (χ4n) is 3.44. The molecule has 5 nitrogen and oxygen atoms in total. The number of nitrogens with zero attached hydrogens (tertiary/aromatic N) is 2. The van der Waals surface area contributed by atoms with Crippen LogP contribution >= 0.6 is 12.2 Å². The minimum atomic E-state index is 0.890. The van der Waals surface area contributed by atoms with Crippen LogP contribution in [0.15, 0.2) is 24.3 Å². The fraction of sp³-hybridized carbons (Fsp3) is 0.611. The van der Waals surface area contributed by atoms with Gasteiger partial charge < -0.3 is 24.8 Å². The molecule has 0 unspecified atom stereocenters. The van der Waals surface area contributed by atoms with E-state index < -0.39 is 0 Å². The Kier molecular flexibility index (Phi) is 6.29. The van der Waals surface area contributed by atoms with Crippen molar-refractivity contribution in [3.8, 4) is 0 Å². The predicted octanol–water partition coefficient (Wildman–Crippen LogP) is -0.0934. The summed E-state index contributed by atoms with van der Waals surface area (Å²) in [5.74, 6) is 0. The van der Waals surface area contributed by atoms with Crippen molar-refractivity contribution in [3.63, 3.8) is 0 Å². The second-order valence-electron chi connectivity index (χ2n) is 6.60. The number of para-hydroxylation sites is 1. The Labute approximate surface area is 150 Å². The number of thiocarbonyl (C=S) groups is 1. The first-order chi connectivity index (χ1) is 11.7. The first-order valence-corrected chi connectivity index (χ1v) is 9.39. The summed E-state index contributed by atoms with van der Waals surface area (Å²) in [5, 5.41) is 4.35. The lowest BCUT2D eigenvalue weighted by Crippen LogP contribution is -3.14. The third-order valence-corrected chi connectivity index (χ3v) is 5.38. The minimum Gasteiger partial charge on any atom is -0.370 e. The Bertz CT molecular complexity index is 540. The molecule has 3 rings (SSSR count). The van der Waals surface area contributed by atoms with Gasteiger partial charge in [-0.15, -0.1) is 0 Å². The molecule has 0 aliphatic carbocycles. The van der Waals surface area contributed by atoms with Crippen molar-refractivity contribution in [3.05, 3.63) is 29.8 Å². The zero-order chi connectivity index (χ0) is 16.8. The molecule has 0 spiro atoms. The maximum absolute atomic E-state index is 5.58. The standard InChI is InChI=1S/C18H28N4OS/c1-16-4-2-3-5-17(16)21-8-10-22(11-9-21)18(24)19-6-7-20-12-14-23-15-13-20/h2-5H,6-15H2,1H3,(H,19,24)/p+1. The van der Waals surface area contributed by atoms with Crippen molar-refractivity contribution in [1.82, 2.24) is 10.2 Å². The molecule has 2 heterocycles. The quantitative estimate of drug-likeness (QED) is 0.742. The molecule has 1 aromatic rings. The van der Waals surface area contributed by atoms with Crippen LogP contribution < -0.4 is 15.1 Å². The van der Waals surface area contributed by atoms with Gasteiger partial charge in [0.15, 0.2) is 5.11 Å². The van der Waals surface area contributed by atoms with Gasteiger partial charge in [0.05, 0.1) is 26.3 Å². The minimum absolute atomic E-state index is 0.890. The smallest absolute Gasteiger partial charge is 0.169 e. The molecular formula is C18H29N4OS+. The largest absolute Gasteiger partial charge is 0.370 e. The Morgan fingerprint density at radius 3 is 2.58 bits per heavy atom. The van der Waals surface area contributed by atoms with Gasteiger partial charge in [0, 0.05) is 31.9 Å². The van der Waals surface area contributed by atoms with Gasteiger partial charge in [-0.2, -0.15) is 0 Å². The topological polar surface area (TPSA) is 32.2 Å². The molecule has 2 N–H and O–H groups in total. The SMILES string of the molecule is Cc1ccccc1N1CCN(C(=S)NCC[NH+]2CCOCC2)CC1. The number of nitrogens with one attached hydrogen (secondary N) is 2. The van der Waals surface area contributed by atoms with Crippen LogP contribution in [0.3, 0.4) is 0 Å². The molecule has 0 atom stereocenters. The number of benzene rings is 1. The number of aryl methyl sites for hydroxylation is 1. The van der Waals surface area contributed by atoms with Gasteiger partial charge in [0.1, 0.15) is 13.1 Å². The van der Waals surface area contributed by atoms with Gasteiger partial charge in [-0.1, -0.05) is 18.2 Å². The van der Waals surface area contributed by atoms with Crippen molar-refractivity contribution in [1.29, 1.82) is 0 Å². The maximum Gasteiger partial charge on any atom is 0.169 e. The third-order valence-electron chi connectivity index (χ3n) is 4.98. The molecule has 2 fully saturated rings. The van der Waals surface area contributed by atoms with Gasteiger partial charge in [-0.3, -0.25) is 0 Å². The van der Waals surface area contributed by atoms with E-state index in [1.54, 1.807) is 4.90 Å². The molecule has 132 valence electrons. The molecule has 2 saturated heterocycles. The molecular weight excluding hydrogens is 320 g/mol. The van der Waals surface area contributed by atoms with Gasteiger partial charge in [-0.05, 0) is 30.8 Å². The van der Waals surface area contributed by atoms with E-state index in [9.17, 15) is 0 Å². The molecule has 0 amide bonds. The van der Waals surface area contributed by atoms with Crippen molar-refractivity contribution in [2.45, 2.75) is 6.92 Å². The van der Waals surface area contributed by atoms with Gasteiger partial charge >= 0.3 is 0 Å². The summed E-state index contributed by atoms with van der Waals surface area (Å²) in [5.41, 5.74) is 2.70. The fourth-order valence-corrected chi connectivity index (χ4v) is 3.72. The summed E-state index contributed by atoms with van der Waals surface area (Å²) in [6.45, 7) is 12.3. The summed E-state index contributed by atoms with van der Waals surface area (Å²) in [4.78, 5) is 6.38. The Balaban J connectivity index is 1.39. The molecule has 2 aliphatic rings. The van der Waals surface area contributed by atoms with Crippen LogP contribution in [0.25, 0.3) is 0 Å². The Morgan fingerprint density at radius 1 is 1.17 bits per heavy atom. The number of hydrogen-bond acceptors (Lipinski definition) is 3. The molecule has 1 aromatic carbocycles. The lowest BCUT2D eigenvalue weighted by Gasteiger charge is -2.38. The average Bonchev–Trinajstić information content (AvgIpc) is 2.63. The Hall–Kier alpha value is -1.37. The van der Waals surface area contributed by atoms with Crippen LogP contribution in [0.2, 0.25) is 0 Å². The lowest BCUT2D eigenvalue weighted by molar-refractivity contribution is -0.906. The number of anilines is 1. The summed E-state index contributed by atoms with van der Waals surface area (Å²) >= 11 is 5.58. The lowest BCUT2D eigenvalue weighted by atomic mass is 10.1. The van der Waals surface area contributed by atoms with Crippen molar-refractivity contribution in [2.75, 3.05) is 70.5 Å². The first-order valence-electron chi connectivity index (χ1n) is 8.99. The second-order valence-corrected chi connectivity index (χ2v) is 6.99. The summed E-state index contributed by atoms with van der Waals surface area (Å²) in [7, 11) is 0. The van der Waals surface area contributed by atoms with E-state index in [1.807, 2.05) is 0 Å². The predicted molar refractivity (Wildman–Crippen MR) is 102 cm³/mol. The van der Waals surface area contributed by atoms with E-state index in [-0.39, 0.29) is 0 Å². The summed E-state index contributed by atoms with van der Waals surface area (Å²) < 4.78 is 5.40. The van der Waals surface area contributed by atoms with Crippen LogP contribution in [0.1, 0.15) is 5.56 Å². The van der Waals surface area contributed by atoms with Crippen LogP contribution in [0.5, 0.6) is 0 Å².